The summed E-state index contributed by atoms with van der Waals surface area (Å²) in [7, 11) is 0. The predicted molar refractivity (Wildman–Crippen MR) is 68.0 cm³/mol. The zero-order valence-electron chi connectivity index (χ0n) is 10.6. The zero-order chi connectivity index (χ0) is 14.7. The first-order valence-corrected chi connectivity index (χ1v) is 5.84. The van der Waals surface area contributed by atoms with Crippen LogP contribution in [0.4, 0.5) is 8.78 Å². The molecule has 1 heterocycles. The fourth-order valence-electron chi connectivity index (χ4n) is 1.86. The van der Waals surface area contributed by atoms with Crippen molar-refractivity contribution < 1.29 is 13.6 Å². The topological polar surface area (TPSA) is 53.8 Å². The molecule has 20 heavy (non-hydrogen) atoms. The standard InChI is InChI=1S/C15H10F2N2O/c1-9-4-5-12(16)13(14(9)17)15(20)11(7-18)10-3-2-6-19-8-10/h2-6,8,11H,1H3. The van der Waals surface area contributed by atoms with Gasteiger partial charge in [-0.05, 0) is 30.2 Å². The fraction of sp³-hybridized carbons (Fsp3) is 0.133. The molecule has 0 fully saturated rings. The number of nitriles is 1. The number of aromatic nitrogens is 1. The van der Waals surface area contributed by atoms with E-state index in [-0.39, 0.29) is 5.56 Å². The number of rotatable bonds is 3. The molecule has 0 amide bonds. The molecule has 0 radical (unpaired) electrons. The Labute approximate surface area is 114 Å². The highest BCUT2D eigenvalue weighted by atomic mass is 19.1. The summed E-state index contributed by atoms with van der Waals surface area (Å²) in [5.41, 5.74) is -0.224. The van der Waals surface area contributed by atoms with Gasteiger partial charge in [0.15, 0.2) is 5.78 Å². The van der Waals surface area contributed by atoms with Gasteiger partial charge in [-0.3, -0.25) is 9.78 Å². The number of Topliss-reactive ketones (excluding diaryl/α,β-unsaturated/α-hetero) is 1. The summed E-state index contributed by atoms with van der Waals surface area (Å²) in [6, 6.07) is 7.10. The molecule has 1 aromatic carbocycles. The molecule has 0 saturated heterocycles. The molecule has 5 heteroatoms. The van der Waals surface area contributed by atoms with E-state index in [0.29, 0.717) is 5.56 Å². The van der Waals surface area contributed by atoms with Crippen LogP contribution in [0.25, 0.3) is 0 Å². The van der Waals surface area contributed by atoms with E-state index < -0.39 is 28.9 Å². The third kappa shape index (κ3) is 2.41. The van der Waals surface area contributed by atoms with Gasteiger partial charge in [0, 0.05) is 12.4 Å². The molecule has 100 valence electrons. The van der Waals surface area contributed by atoms with Crippen LogP contribution < -0.4 is 0 Å². The van der Waals surface area contributed by atoms with Gasteiger partial charge in [0.2, 0.25) is 0 Å². The summed E-state index contributed by atoms with van der Waals surface area (Å²) in [4.78, 5) is 16.0. The molecule has 2 aromatic rings. The van der Waals surface area contributed by atoms with E-state index in [4.69, 9.17) is 5.26 Å². The number of benzene rings is 1. The lowest BCUT2D eigenvalue weighted by Gasteiger charge is -2.10. The average molecular weight is 272 g/mol. The Morgan fingerprint density at radius 3 is 2.70 bits per heavy atom. The number of hydrogen-bond acceptors (Lipinski definition) is 3. The summed E-state index contributed by atoms with van der Waals surface area (Å²) < 4.78 is 27.6. The Kier molecular flexibility index (Phi) is 3.85. The van der Waals surface area contributed by atoms with Gasteiger partial charge in [0.25, 0.3) is 0 Å². The summed E-state index contributed by atoms with van der Waals surface area (Å²) in [5.74, 6) is -4.09. The maximum Gasteiger partial charge on any atom is 0.190 e. The van der Waals surface area contributed by atoms with Crippen molar-refractivity contribution in [2.24, 2.45) is 0 Å². The summed E-state index contributed by atoms with van der Waals surface area (Å²) in [5, 5.41) is 9.12. The minimum absolute atomic E-state index is 0.151. The molecule has 0 aliphatic heterocycles. The van der Waals surface area contributed by atoms with Crippen LogP contribution in [0.5, 0.6) is 0 Å². The lowest BCUT2D eigenvalue weighted by Crippen LogP contribution is -2.16. The number of carbonyl (C=O) groups is 1. The molecule has 0 saturated carbocycles. The quantitative estimate of drug-likeness (QED) is 0.806. The third-order valence-electron chi connectivity index (χ3n) is 2.94. The number of nitrogens with zero attached hydrogens (tertiary/aromatic N) is 2. The predicted octanol–water partition coefficient (Wildman–Crippen LogP) is 3.16. The second kappa shape index (κ2) is 5.57. The van der Waals surface area contributed by atoms with Crippen molar-refractivity contribution in [2.75, 3.05) is 0 Å². The van der Waals surface area contributed by atoms with Gasteiger partial charge < -0.3 is 0 Å². The van der Waals surface area contributed by atoms with Gasteiger partial charge in [0.1, 0.15) is 17.6 Å². The highest BCUT2D eigenvalue weighted by Gasteiger charge is 2.28. The van der Waals surface area contributed by atoms with Crippen LogP contribution >= 0.6 is 0 Å². The lowest BCUT2D eigenvalue weighted by molar-refractivity contribution is 0.0970. The summed E-state index contributed by atoms with van der Waals surface area (Å²) >= 11 is 0. The van der Waals surface area contributed by atoms with E-state index in [2.05, 4.69) is 4.98 Å². The van der Waals surface area contributed by atoms with E-state index >= 15 is 0 Å². The first-order valence-electron chi connectivity index (χ1n) is 5.84. The monoisotopic (exact) mass is 272 g/mol. The van der Waals surface area contributed by atoms with Crippen molar-refractivity contribution in [2.45, 2.75) is 12.8 Å². The molecule has 0 aliphatic carbocycles. The largest absolute Gasteiger partial charge is 0.292 e. The molecule has 3 nitrogen and oxygen atoms in total. The van der Waals surface area contributed by atoms with Crippen molar-refractivity contribution in [3.05, 3.63) is 65.0 Å². The Balaban J connectivity index is 2.51. The summed E-state index contributed by atoms with van der Waals surface area (Å²) in [6.45, 7) is 1.43. The molecule has 0 spiro atoms. The first-order chi connectivity index (χ1) is 9.56. The minimum Gasteiger partial charge on any atom is -0.292 e. The molecule has 1 atom stereocenters. The van der Waals surface area contributed by atoms with E-state index in [1.807, 2.05) is 0 Å². The minimum atomic E-state index is -1.28. The number of carbonyl (C=O) groups excluding carboxylic acids is 1. The van der Waals surface area contributed by atoms with Crippen molar-refractivity contribution in [1.82, 2.24) is 4.98 Å². The van der Waals surface area contributed by atoms with Crippen molar-refractivity contribution in [1.29, 1.82) is 5.26 Å². The molecule has 1 unspecified atom stereocenters. The van der Waals surface area contributed by atoms with E-state index in [0.717, 1.165) is 6.07 Å². The highest BCUT2D eigenvalue weighted by molar-refractivity contribution is 6.03. The van der Waals surface area contributed by atoms with E-state index in [1.54, 1.807) is 12.1 Å². The van der Waals surface area contributed by atoms with Gasteiger partial charge in [-0.15, -0.1) is 0 Å². The molecule has 2 rings (SSSR count). The third-order valence-corrected chi connectivity index (χ3v) is 2.94. The van der Waals surface area contributed by atoms with Crippen LogP contribution in [-0.2, 0) is 0 Å². The highest BCUT2D eigenvalue weighted by Crippen LogP contribution is 2.24. The number of ketones is 1. The Morgan fingerprint density at radius 1 is 1.35 bits per heavy atom. The van der Waals surface area contributed by atoms with Gasteiger partial charge >= 0.3 is 0 Å². The second-order valence-electron chi connectivity index (χ2n) is 4.27. The number of aryl methyl sites for hydroxylation is 1. The molecular weight excluding hydrogens is 262 g/mol. The molecule has 0 N–H and O–H groups in total. The number of hydrogen-bond donors (Lipinski definition) is 0. The first kappa shape index (κ1) is 13.8. The Bertz CT molecular complexity index is 693. The lowest BCUT2D eigenvalue weighted by atomic mass is 9.91. The second-order valence-corrected chi connectivity index (χ2v) is 4.27. The normalized spacial score (nSPS) is 11.7. The van der Waals surface area contributed by atoms with Crippen LogP contribution in [0.1, 0.15) is 27.4 Å². The van der Waals surface area contributed by atoms with Crippen LogP contribution in [0.2, 0.25) is 0 Å². The van der Waals surface area contributed by atoms with Crippen molar-refractivity contribution >= 4 is 5.78 Å². The zero-order valence-corrected chi connectivity index (χ0v) is 10.6. The molecular formula is C15H10F2N2O. The maximum atomic E-state index is 13.9. The summed E-state index contributed by atoms with van der Waals surface area (Å²) in [6.07, 6.45) is 2.81. The number of pyridine rings is 1. The Morgan fingerprint density at radius 2 is 2.10 bits per heavy atom. The van der Waals surface area contributed by atoms with Gasteiger partial charge in [-0.1, -0.05) is 12.1 Å². The SMILES string of the molecule is Cc1ccc(F)c(C(=O)C(C#N)c2cccnc2)c1F. The maximum absolute atomic E-state index is 13.9. The van der Waals surface area contributed by atoms with Crippen LogP contribution in [0, 0.1) is 29.9 Å². The van der Waals surface area contributed by atoms with Crippen LogP contribution in [-0.4, -0.2) is 10.8 Å². The Hall–Kier alpha value is -2.61. The fourth-order valence-corrected chi connectivity index (χ4v) is 1.86. The van der Waals surface area contributed by atoms with Gasteiger partial charge in [0.05, 0.1) is 11.6 Å². The molecule has 1 aromatic heterocycles. The van der Waals surface area contributed by atoms with Crippen molar-refractivity contribution in [3.63, 3.8) is 0 Å². The van der Waals surface area contributed by atoms with Crippen LogP contribution in [0.15, 0.2) is 36.7 Å². The molecule has 0 bridgehead atoms. The van der Waals surface area contributed by atoms with Crippen LogP contribution in [0.3, 0.4) is 0 Å². The van der Waals surface area contributed by atoms with Gasteiger partial charge in [-0.2, -0.15) is 5.26 Å². The average Bonchev–Trinajstić information content (AvgIpc) is 2.45. The number of halogens is 2. The smallest absolute Gasteiger partial charge is 0.190 e. The van der Waals surface area contributed by atoms with Crippen molar-refractivity contribution in [3.8, 4) is 6.07 Å². The molecule has 0 aliphatic rings. The van der Waals surface area contributed by atoms with E-state index in [9.17, 15) is 13.6 Å². The van der Waals surface area contributed by atoms with Gasteiger partial charge in [-0.25, -0.2) is 8.78 Å². The van der Waals surface area contributed by atoms with E-state index in [1.165, 1.54) is 31.5 Å².